The maximum atomic E-state index is 12.3. The van der Waals surface area contributed by atoms with Crippen LogP contribution in [0.2, 0.25) is 5.02 Å². The number of ether oxygens (including phenoxy) is 1. The largest absolute Gasteiger partial charge is 0.484 e. The van der Waals surface area contributed by atoms with Gasteiger partial charge in [0.2, 0.25) is 0 Å². The molecule has 1 fully saturated rings. The summed E-state index contributed by atoms with van der Waals surface area (Å²) in [6.07, 6.45) is 2.00. The van der Waals surface area contributed by atoms with Crippen molar-refractivity contribution in [3.63, 3.8) is 0 Å². The Kier molecular flexibility index (Phi) is 7.46. The highest BCUT2D eigenvalue weighted by molar-refractivity contribution is 6.31. The first kappa shape index (κ1) is 19.1. The summed E-state index contributed by atoms with van der Waals surface area (Å²) in [5.41, 5.74) is 6.73. The Hall–Kier alpha value is -0.970. The number of hydrogen-bond acceptors (Lipinski definition) is 3. The molecule has 1 heterocycles. The Labute approximate surface area is 143 Å². The number of benzene rings is 1. The maximum absolute atomic E-state index is 12.3. The average molecular weight is 347 g/mol. The lowest BCUT2D eigenvalue weighted by Crippen LogP contribution is -2.50. The number of nitrogens with zero attached hydrogens (tertiary/aromatic N) is 1. The van der Waals surface area contributed by atoms with E-state index in [0.29, 0.717) is 23.2 Å². The molecule has 2 N–H and O–H groups in total. The minimum atomic E-state index is 0. The van der Waals surface area contributed by atoms with Gasteiger partial charge in [0.15, 0.2) is 6.61 Å². The maximum Gasteiger partial charge on any atom is 0.260 e. The molecule has 22 heavy (non-hydrogen) atoms. The van der Waals surface area contributed by atoms with Crippen LogP contribution in [0.15, 0.2) is 18.2 Å². The number of carbonyl (C=O) groups excluding carboxylic acids is 1. The van der Waals surface area contributed by atoms with Crippen molar-refractivity contribution in [1.29, 1.82) is 0 Å². The van der Waals surface area contributed by atoms with E-state index in [1.807, 2.05) is 17.9 Å². The number of piperidine rings is 1. The van der Waals surface area contributed by atoms with Gasteiger partial charge in [-0.05, 0) is 49.4 Å². The van der Waals surface area contributed by atoms with E-state index in [-0.39, 0.29) is 31.0 Å². The summed E-state index contributed by atoms with van der Waals surface area (Å²) in [6, 6.07) is 5.54. The van der Waals surface area contributed by atoms with Gasteiger partial charge in [-0.25, -0.2) is 0 Å². The van der Waals surface area contributed by atoms with Crippen LogP contribution in [-0.4, -0.2) is 36.5 Å². The molecule has 2 atom stereocenters. The molecule has 1 aromatic rings. The molecule has 1 aliphatic rings. The molecule has 2 rings (SSSR count). The van der Waals surface area contributed by atoms with Crippen LogP contribution >= 0.6 is 24.0 Å². The second-order valence-corrected chi connectivity index (χ2v) is 6.21. The van der Waals surface area contributed by atoms with Crippen molar-refractivity contribution in [3.8, 4) is 5.75 Å². The molecule has 0 aromatic heterocycles. The summed E-state index contributed by atoms with van der Waals surface area (Å²) in [6.45, 7) is 5.44. The van der Waals surface area contributed by atoms with E-state index in [1.54, 1.807) is 12.1 Å². The van der Waals surface area contributed by atoms with Crippen molar-refractivity contribution in [2.24, 2.45) is 11.7 Å². The molecule has 1 aromatic carbocycles. The molecule has 1 amide bonds. The Morgan fingerprint density at radius 2 is 2.23 bits per heavy atom. The Bertz CT molecular complexity index is 511. The number of rotatable bonds is 4. The average Bonchev–Trinajstić information content (AvgIpc) is 2.48. The van der Waals surface area contributed by atoms with Crippen LogP contribution in [0.5, 0.6) is 5.75 Å². The SMILES string of the molecule is Cc1cc(OCC(=O)N2CCC(C)CC2CN)ccc1Cl.Cl. The van der Waals surface area contributed by atoms with Gasteiger partial charge in [0.1, 0.15) is 5.75 Å². The molecule has 0 radical (unpaired) electrons. The van der Waals surface area contributed by atoms with E-state index in [1.165, 1.54) is 0 Å². The highest BCUT2D eigenvalue weighted by Gasteiger charge is 2.28. The summed E-state index contributed by atoms with van der Waals surface area (Å²) in [7, 11) is 0. The summed E-state index contributed by atoms with van der Waals surface area (Å²) in [5.74, 6) is 1.30. The second-order valence-electron chi connectivity index (χ2n) is 5.81. The second kappa shape index (κ2) is 8.61. The highest BCUT2D eigenvalue weighted by Crippen LogP contribution is 2.23. The topological polar surface area (TPSA) is 55.6 Å². The van der Waals surface area contributed by atoms with Gasteiger partial charge >= 0.3 is 0 Å². The summed E-state index contributed by atoms with van der Waals surface area (Å²) in [5, 5.41) is 0.696. The zero-order valence-electron chi connectivity index (χ0n) is 13.0. The van der Waals surface area contributed by atoms with Gasteiger partial charge < -0.3 is 15.4 Å². The van der Waals surface area contributed by atoms with Gasteiger partial charge in [-0.15, -0.1) is 12.4 Å². The Morgan fingerprint density at radius 1 is 1.50 bits per heavy atom. The number of hydrogen-bond donors (Lipinski definition) is 1. The van der Waals surface area contributed by atoms with Crippen LogP contribution in [0.3, 0.4) is 0 Å². The first-order chi connectivity index (χ1) is 10.0. The van der Waals surface area contributed by atoms with Crippen LogP contribution in [0, 0.1) is 12.8 Å². The monoisotopic (exact) mass is 346 g/mol. The molecule has 6 heteroatoms. The molecule has 1 saturated heterocycles. The Morgan fingerprint density at radius 3 is 2.86 bits per heavy atom. The van der Waals surface area contributed by atoms with E-state index in [0.717, 1.165) is 24.9 Å². The number of nitrogens with two attached hydrogens (primary N) is 1. The van der Waals surface area contributed by atoms with E-state index in [2.05, 4.69) is 6.92 Å². The number of aryl methyl sites for hydroxylation is 1. The fourth-order valence-electron chi connectivity index (χ4n) is 2.74. The van der Waals surface area contributed by atoms with Crippen molar-refractivity contribution in [2.75, 3.05) is 19.7 Å². The minimum absolute atomic E-state index is 0. The van der Waals surface area contributed by atoms with Gasteiger partial charge in [-0.2, -0.15) is 0 Å². The number of likely N-dealkylation sites (tertiary alicyclic amines) is 1. The van der Waals surface area contributed by atoms with Crippen LogP contribution in [0.4, 0.5) is 0 Å². The van der Waals surface area contributed by atoms with Crippen LogP contribution in [0.25, 0.3) is 0 Å². The lowest BCUT2D eigenvalue weighted by molar-refractivity contribution is -0.137. The lowest BCUT2D eigenvalue weighted by atomic mass is 9.92. The molecule has 124 valence electrons. The van der Waals surface area contributed by atoms with E-state index in [4.69, 9.17) is 22.1 Å². The van der Waals surface area contributed by atoms with E-state index in [9.17, 15) is 4.79 Å². The number of halogens is 2. The normalized spacial score (nSPS) is 21.2. The molecule has 0 saturated carbocycles. The van der Waals surface area contributed by atoms with Gasteiger partial charge in [0.25, 0.3) is 5.91 Å². The molecular formula is C16H24Cl2N2O2. The van der Waals surface area contributed by atoms with E-state index < -0.39 is 0 Å². The fourth-order valence-corrected chi connectivity index (χ4v) is 2.86. The third-order valence-corrected chi connectivity index (χ3v) is 4.49. The van der Waals surface area contributed by atoms with Crippen molar-refractivity contribution < 1.29 is 9.53 Å². The zero-order chi connectivity index (χ0) is 15.4. The lowest BCUT2D eigenvalue weighted by Gasteiger charge is -2.37. The van der Waals surface area contributed by atoms with Gasteiger partial charge in [0, 0.05) is 24.2 Å². The van der Waals surface area contributed by atoms with Crippen molar-refractivity contribution in [2.45, 2.75) is 32.7 Å². The first-order valence-electron chi connectivity index (χ1n) is 7.39. The molecule has 2 unspecified atom stereocenters. The molecule has 4 nitrogen and oxygen atoms in total. The molecule has 1 aliphatic heterocycles. The van der Waals surface area contributed by atoms with Crippen molar-refractivity contribution in [1.82, 2.24) is 4.90 Å². The highest BCUT2D eigenvalue weighted by atomic mass is 35.5. The minimum Gasteiger partial charge on any atom is -0.484 e. The molecular weight excluding hydrogens is 323 g/mol. The molecule has 0 aliphatic carbocycles. The fraction of sp³-hybridized carbons (Fsp3) is 0.562. The predicted octanol–water partition coefficient (Wildman–Crippen LogP) is 3.03. The summed E-state index contributed by atoms with van der Waals surface area (Å²) in [4.78, 5) is 14.2. The van der Waals surface area contributed by atoms with E-state index >= 15 is 0 Å². The Balaban J connectivity index is 0.00000242. The van der Waals surface area contributed by atoms with Crippen LogP contribution in [0.1, 0.15) is 25.3 Å². The molecule has 0 spiro atoms. The number of amides is 1. The smallest absolute Gasteiger partial charge is 0.260 e. The number of carbonyl (C=O) groups is 1. The first-order valence-corrected chi connectivity index (χ1v) is 7.77. The molecule has 0 bridgehead atoms. The zero-order valence-corrected chi connectivity index (χ0v) is 14.6. The van der Waals surface area contributed by atoms with Gasteiger partial charge in [-0.3, -0.25) is 4.79 Å². The third kappa shape index (κ3) is 4.77. The van der Waals surface area contributed by atoms with Crippen LogP contribution in [-0.2, 0) is 4.79 Å². The summed E-state index contributed by atoms with van der Waals surface area (Å²) < 4.78 is 5.59. The van der Waals surface area contributed by atoms with Crippen LogP contribution < -0.4 is 10.5 Å². The summed E-state index contributed by atoms with van der Waals surface area (Å²) >= 11 is 5.97. The predicted molar refractivity (Wildman–Crippen MR) is 91.9 cm³/mol. The van der Waals surface area contributed by atoms with Crippen molar-refractivity contribution >= 4 is 29.9 Å². The quantitative estimate of drug-likeness (QED) is 0.911. The van der Waals surface area contributed by atoms with Gasteiger partial charge in [-0.1, -0.05) is 18.5 Å². The van der Waals surface area contributed by atoms with Crippen molar-refractivity contribution in [3.05, 3.63) is 28.8 Å². The van der Waals surface area contributed by atoms with Gasteiger partial charge in [0.05, 0.1) is 0 Å². The third-order valence-electron chi connectivity index (χ3n) is 4.06. The standard InChI is InChI=1S/C16H23ClN2O2.ClH/c1-11-5-6-19(13(7-11)9-18)16(20)10-21-14-3-4-15(17)12(2)8-14;/h3-4,8,11,13H,5-7,9-10,18H2,1-2H3;1H.